The number of hydrogen-bond donors (Lipinski definition) is 1. The van der Waals surface area contributed by atoms with Gasteiger partial charge in [-0.3, -0.25) is 0 Å². The molecule has 0 radical (unpaired) electrons. The summed E-state index contributed by atoms with van der Waals surface area (Å²) in [5.74, 6) is -0.167. The SMILES string of the molecule is Cc1cccc(C(=O)[NH+](C)OCc2ccccc2)n1. The first-order valence-corrected chi connectivity index (χ1v) is 6.15. The van der Waals surface area contributed by atoms with E-state index in [9.17, 15) is 4.79 Å². The van der Waals surface area contributed by atoms with E-state index in [2.05, 4.69) is 4.98 Å². The molecule has 0 aliphatic carbocycles. The molecule has 0 aliphatic heterocycles. The fourth-order valence-electron chi connectivity index (χ4n) is 1.68. The van der Waals surface area contributed by atoms with E-state index < -0.39 is 0 Å². The Hall–Kier alpha value is -2.04. The largest absolute Gasteiger partial charge is 0.394 e. The molecule has 1 heterocycles. The molecular formula is C15H17N2O2+. The van der Waals surface area contributed by atoms with Crippen molar-refractivity contribution in [1.29, 1.82) is 0 Å². The Balaban J connectivity index is 1.96. The van der Waals surface area contributed by atoms with Crippen LogP contribution in [0.25, 0.3) is 0 Å². The molecule has 1 aromatic carbocycles. The third kappa shape index (κ3) is 3.71. The quantitative estimate of drug-likeness (QED) is 0.836. The molecule has 0 bridgehead atoms. The topological polar surface area (TPSA) is 43.6 Å². The van der Waals surface area contributed by atoms with E-state index in [-0.39, 0.29) is 5.91 Å². The molecule has 2 aromatic rings. The van der Waals surface area contributed by atoms with Crippen LogP contribution >= 0.6 is 0 Å². The predicted molar refractivity (Wildman–Crippen MR) is 71.4 cm³/mol. The van der Waals surface area contributed by atoms with Gasteiger partial charge < -0.3 is 0 Å². The van der Waals surface area contributed by atoms with Gasteiger partial charge in [0.2, 0.25) is 0 Å². The molecule has 0 spiro atoms. The van der Waals surface area contributed by atoms with Crippen molar-refractivity contribution in [2.45, 2.75) is 13.5 Å². The van der Waals surface area contributed by atoms with Crippen LogP contribution in [0, 0.1) is 6.92 Å². The summed E-state index contributed by atoms with van der Waals surface area (Å²) in [5.41, 5.74) is 2.28. The van der Waals surface area contributed by atoms with Crippen LogP contribution in [0.15, 0.2) is 48.5 Å². The van der Waals surface area contributed by atoms with E-state index >= 15 is 0 Å². The van der Waals surface area contributed by atoms with Crippen molar-refractivity contribution < 1.29 is 14.7 Å². The Bertz CT molecular complexity index is 555. The van der Waals surface area contributed by atoms with Crippen molar-refractivity contribution in [1.82, 2.24) is 4.98 Å². The molecule has 4 heteroatoms. The molecule has 1 amide bonds. The Morgan fingerprint density at radius 2 is 1.89 bits per heavy atom. The highest BCUT2D eigenvalue weighted by Gasteiger charge is 2.20. The molecule has 19 heavy (non-hydrogen) atoms. The monoisotopic (exact) mass is 257 g/mol. The number of amides is 1. The lowest BCUT2D eigenvalue weighted by molar-refractivity contribution is -1.01. The van der Waals surface area contributed by atoms with Gasteiger partial charge in [0.1, 0.15) is 13.7 Å². The molecule has 1 atom stereocenters. The number of nitrogens with zero attached hydrogens (tertiary/aromatic N) is 1. The van der Waals surface area contributed by atoms with Crippen molar-refractivity contribution in [2.24, 2.45) is 0 Å². The molecule has 1 aromatic heterocycles. The Kier molecular flexibility index (Phi) is 4.39. The summed E-state index contributed by atoms with van der Waals surface area (Å²) in [7, 11) is 1.68. The summed E-state index contributed by atoms with van der Waals surface area (Å²) in [6, 6.07) is 15.1. The predicted octanol–water partition coefficient (Wildman–Crippen LogP) is 1.18. The number of carbonyl (C=O) groups is 1. The summed E-state index contributed by atoms with van der Waals surface area (Å²) < 4.78 is 0. The third-order valence-electron chi connectivity index (χ3n) is 2.74. The van der Waals surface area contributed by atoms with Gasteiger partial charge in [-0.1, -0.05) is 36.4 Å². The number of pyridine rings is 1. The number of nitrogens with one attached hydrogen (secondary N) is 1. The number of hydroxylamine groups is 2. The summed E-state index contributed by atoms with van der Waals surface area (Å²) >= 11 is 0. The van der Waals surface area contributed by atoms with Crippen molar-refractivity contribution in [3.63, 3.8) is 0 Å². The number of rotatable bonds is 4. The molecule has 1 N–H and O–H groups in total. The van der Waals surface area contributed by atoms with Crippen LogP contribution in [0.3, 0.4) is 0 Å². The van der Waals surface area contributed by atoms with E-state index in [0.29, 0.717) is 17.4 Å². The van der Waals surface area contributed by atoms with Crippen LogP contribution in [0.5, 0.6) is 0 Å². The number of hydrogen-bond acceptors (Lipinski definition) is 3. The molecule has 0 saturated heterocycles. The summed E-state index contributed by atoms with van der Waals surface area (Å²) in [5, 5.41) is 0.363. The van der Waals surface area contributed by atoms with Crippen molar-refractivity contribution >= 4 is 5.91 Å². The van der Waals surface area contributed by atoms with Gasteiger partial charge in [0.15, 0.2) is 5.69 Å². The average Bonchev–Trinajstić information content (AvgIpc) is 2.45. The molecule has 2 rings (SSSR count). The van der Waals surface area contributed by atoms with E-state index in [1.165, 1.54) is 0 Å². The molecular weight excluding hydrogens is 240 g/mol. The zero-order valence-electron chi connectivity index (χ0n) is 11.1. The Morgan fingerprint density at radius 1 is 1.16 bits per heavy atom. The normalized spacial score (nSPS) is 12.1. The maximum absolute atomic E-state index is 12.1. The Morgan fingerprint density at radius 3 is 2.58 bits per heavy atom. The fraction of sp³-hybridized carbons (Fsp3) is 0.200. The number of aromatic nitrogens is 1. The zero-order valence-corrected chi connectivity index (χ0v) is 11.1. The van der Waals surface area contributed by atoms with E-state index in [1.54, 1.807) is 13.1 Å². The maximum Gasteiger partial charge on any atom is 0.394 e. The average molecular weight is 257 g/mol. The summed E-state index contributed by atoms with van der Waals surface area (Å²) in [4.78, 5) is 21.8. The highest BCUT2D eigenvalue weighted by atomic mass is 16.7. The van der Waals surface area contributed by atoms with Crippen LogP contribution < -0.4 is 5.06 Å². The summed E-state index contributed by atoms with van der Waals surface area (Å²) in [6.07, 6.45) is 0. The lowest BCUT2D eigenvalue weighted by atomic mass is 10.2. The van der Waals surface area contributed by atoms with Crippen LogP contribution in [0.4, 0.5) is 0 Å². The van der Waals surface area contributed by atoms with E-state index in [0.717, 1.165) is 11.3 Å². The highest BCUT2D eigenvalue weighted by Crippen LogP contribution is 1.99. The lowest BCUT2D eigenvalue weighted by Crippen LogP contribution is -3.10. The number of aryl methyl sites for hydroxylation is 1. The molecule has 0 fully saturated rings. The van der Waals surface area contributed by atoms with Crippen LogP contribution in [0.2, 0.25) is 0 Å². The number of benzene rings is 1. The standard InChI is InChI=1S/C15H16N2O2/c1-12-7-6-10-14(16-12)15(18)17(2)19-11-13-8-4-3-5-9-13/h3-10H,11H2,1-2H3/p+1. The number of carbonyl (C=O) groups excluding carboxylic acids is 1. The van der Waals surface area contributed by atoms with Gasteiger partial charge in [-0.15, -0.1) is 5.06 Å². The van der Waals surface area contributed by atoms with Crippen LogP contribution in [0.1, 0.15) is 21.7 Å². The van der Waals surface area contributed by atoms with E-state index in [1.807, 2.05) is 49.4 Å². The molecule has 0 aliphatic rings. The summed E-state index contributed by atoms with van der Waals surface area (Å²) in [6.45, 7) is 2.25. The molecule has 98 valence electrons. The minimum Gasteiger partial charge on any atom is -0.244 e. The number of quaternary nitrogens is 1. The Labute approximate surface area is 112 Å². The van der Waals surface area contributed by atoms with Gasteiger partial charge in [0.05, 0.1) is 0 Å². The first-order valence-electron chi connectivity index (χ1n) is 6.15. The van der Waals surface area contributed by atoms with Crippen LogP contribution in [-0.2, 0) is 11.4 Å². The second-order valence-corrected chi connectivity index (χ2v) is 4.32. The maximum atomic E-state index is 12.1. The minimum atomic E-state index is -0.167. The first-order chi connectivity index (χ1) is 9.16. The van der Waals surface area contributed by atoms with Crippen LogP contribution in [-0.4, -0.2) is 17.9 Å². The first kappa shape index (κ1) is 13.4. The minimum absolute atomic E-state index is 0.167. The highest BCUT2D eigenvalue weighted by molar-refractivity contribution is 5.84. The second kappa shape index (κ2) is 6.22. The van der Waals surface area contributed by atoms with Gasteiger partial charge in [0.25, 0.3) is 0 Å². The smallest absolute Gasteiger partial charge is 0.244 e. The molecule has 4 nitrogen and oxygen atoms in total. The van der Waals surface area contributed by atoms with Crippen molar-refractivity contribution in [3.05, 3.63) is 65.5 Å². The lowest BCUT2D eigenvalue weighted by Gasteiger charge is -2.10. The zero-order chi connectivity index (χ0) is 13.7. The van der Waals surface area contributed by atoms with Gasteiger partial charge in [-0.05, 0) is 24.6 Å². The van der Waals surface area contributed by atoms with Gasteiger partial charge in [-0.25, -0.2) is 9.78 Å². The van der Waals surface area contributed by atoms with E-state index in [4.69, 9.17) is 4.84 Å². The third-order valence-corrected chi connectivity index (χ3v) is 2.74. The fourth-order valence-corrected chi connectivity index (χ4v) is 1.68. The van der Waals surface area contributed by atoms with Gasteiger partial charge >= 0.3 is 5.91 Å². The molecule has 0 saturated carbocycles. The van der Waals surface area contributed by atoms with Crippen molar-refractivity contribution in [2.75, 3.05) is 7.05 Å². The van der Waals surface area contributed by atoms with Gasteiger partial charge in [-0.2, -0.15) is 4.84 Å². The van der Waals surface area contributed by atoms with Gasteiger partial charge in [0, 0.05) is 5.69 Å². The second-order valence-electron chi connectivity index (χ2n) is 4.32. The molecule has 1 unspecified atom stereocenters. The van der Waals surface area contributed by atoms with Crippen molar-refractivity contribution in [3.8, 4) is 0 Å².